The zero-order valence-corrected chi connectivity index (χ0v) is 14.3. The molecule has 128 valence electrons. The Balaban J connectivity index is 1.59. The van der Waals surface area contributed by atoms with Gasteiger partial charge in [-0.05, 0) is 34.0 Å². The molecule has 4 rings (SSSR count). The Kier molecular flexibility index (Phi) is 4.52. The minimum absolute atomic E-state index is 0.0355. The van der Waals surface area contributed by atoms with Crippen molar-refractivity contribution in [2.45, 2.75) is 12.5 Å². The van der Waals surface area contributed by atoms with Gasteiger partial charge in [0.2, 0.25) is 5.91 Å². The first kappa shape index (κ1) is 16.2. The third kappa shape index (κ3) is 3.38. The van der Waals surface area contributed by atoms with Crippen LogP contribution >= 0.6 is 0 Å². The lowest BCUT2D eigenvalue weighted by Gasteiger charge is -2.17. The highest BCUT2D eigenvalue weighted by Gasteiger charge is 2.19. The van der Waals surface area contributed by atoms with Gasteiger partial charge in [-0.15, -0.1) is 0 Å². The van der Waals surface area contributed by atoms with E-state index in [0.717, 1.165) is 27.7 Å². The van der Waals surface area contributed by atoms with E-state index >= 15 is 0 Å². The summed E-state index contributed by atoms with van der Waals surface area (Å²) in [5.41, 5.74) is 2.01. The van der Waals surface area contributed by atoms with Crippen LogP contribution in [0.1, 0.15) is 22.9 Å². The van der Waals surface area contributed by atoms with Gasteiger partial charge in [-0.2, -0.15) is 0 Å². The van der Waals surface area contributed by atoms with Crippen LogP contribution in [0.3, 0.4) is 0 Å². The first-order valence-electron chi connectivity index (χ1n) is 8.65. The molecule has 3 heteroatoms. The summed E-state index contributed by atoms with van der Waals surface area (Å²) in [6.45, 7) is 0. The van der Waals surface area contributed by atoms with Crippen LogP contribution in [0.2, 0.25) is 0 Å². The highest BCUT2D eigenvalue weighted by atomic mass is 16.3. The van der Waals surface area contributed by atoms with Crippen molar-refractivity contribution in [2.24, 2.45) is 0 Å². The summed E-state index contributed by atoms with van der Waals surface area (Å²) in [6, 6.07) is 27.5. The molecule has 0 aliphatic carbocycles. The van der Waals surface area contributed by atoms with E-state index in [1.165, 1.54) is 0 Å². The van der Waals surface area contributed by atoms with Gasteiger partial charge in [0, 0.05) is 0 Å². The van der Waals surface area contributed by atoms with Gasteiger partial charge in [-0.1, -0.05) is 72.8 Å². The lowest BCUT2D eigenvalue weighted by molar-refractivity contribution is -0.121. The molecule has 26 heavy (non-hydrogen) atoms. The molecule has 0 spiro atoms. The van der Waals surface area contributed by atoms with E-state index in [4.69, 9.17) is 4.42 Å². The maximum absolute atomic E-state index is 12.8. The van der Waals surface area contributed by atoms with Gasteiger partial charge in [-0.25, -0.2) is 0 Å². The molecule has 0 radical (unpaired) electrons. The fourth-order valence-corrected chi connectivity index (χ4v) is 3.25. The van der Waals surface area contributed by atoms with Crippen LogP contribution < -0.4 is 5.32 Å². The van der Waals surface area contributed by atoms with Crippen molar-refractivity contribution in [3.05, 3.63) is 108 Å². The number of carbonyl (C=O) groups is 1. The number of amides is 1. The van der Waals surface area contributed by atoms with Crippen LogP contribution in [-0.4, -0.2) is 5.91 Å². The third-order valence-electron chi connectivity index (χ3n) is 4.50. The van der Waals surface area contributed by atoms with Crippen LogP contribution in [0, 0.1) is 0 Å². The first-order chi connectivity index (χ1) is 12.8. The van der Waals surface area contributed by atoms with E-state index in [1.807, 2.05) is 66.7 Å². The van der Waals surface area contributed by atoms with Crippen molar-refractivity contribution < 1.29 is 9.21 Å². The van der Waals surface area contributed by atoms with Crippen molar-refractivity contribution in [1.29, 1.82) is 0 Å². The lowest BCUT2D eigenvalue weighted by atomic mass is 10.0. The standard InChI is InChI=1S/C23H19NO2/c25-22(16-19-12-6-11-17-8-4-5-13-20(17)19)24-23(21-14-7-15-26-21)18-9-2-1-3-10-18/h1-15,23H,16H2,(H,24,25)/t23-/m0/s1. The molecule has 3 nitrogen and oxygen atoms in total. The Labute approximate surface area is 152 Å². The van der Waals surface area contributed by atoms with Crippen LogP contribution in [0.25, 0.3) is 10.8 Å². The van der Waals surface area contributed by atoms with Gasteiger partial charge in [-0.3, -0.25) is 4.79 Å². The largest absolute Gasteiger partial charge is 0.467 e. The fourth-order valence-electron chi connectivity index (χ4n) is 3.25. The van der Waals surface area contributed by atoms with Gasteiger partial charge in [0.15, 0.2) is 0 Å². The van der Waals surface area contributed by atoms with Gasteiger partial charge >= 0.3 is 0 Å². The van der Waals surface area contributed by atoms with Crippen molar-refractivity contribution in [2.75, 3.05) is 0 Å². The van der Waals surface area contributed by atoms with Crippen molar-refractivity contribution >= 4 is 16.7 Å². The van der Waals surface area contributed by atoms with E-state index in [9.17, 15) is 4.79 Å². The minimum Gasteiger partial charge on any atom is -0.467 e. The highest BCUT2D eigenvalue weighted by Crippen LogP contribution is 2.23. The quantitative estimate of drug-likeness (QED) is 0.562. The fraction of sp³-hybridized carbons (Fsp3) is 0.0870. The van der Waals surface area contributed by atoms with Crippen molar-refractivity contribution in [3.8, 4) is 0 Å². The monoisotopic (exact) mass is 341 g/mol. The zero-order valence-electron chi connectivity index (χ0n) is 14.3. The third-order valence-corrected chi connectivity index (χ3v) is 4.50. The Morgan fingerprint density at radius 2 is 1.62 bits per heavy atom. The van der Waals surface area contributed by atoms with E-state index in [2.05, 4.69) is 23.5 Å². The SMILES string of the molecule is O=C(Cc1cccc2ccccc12)N[C@@H](c1ccccc1)c1ccco1. The second kappa shape index (κ2) is 7.28. The number of fused-ring (bicyclic) bond motifs is 1. The van der Waals surface area contributed by atoms with Crippen molar-refractivity contribution in [3.63, 3.8) is 0 Å². The van der Waals surface area contributed by atoms with Gasteiger partial charge in [0.05, 0.1) is 12.7 Å². The van der Waals surface area contributed by atoms with E-state index in [0.29, 0.717) is 6.42 Å². The van der Waals surface area contributed by atoms with Crippen LogP contribution in [-0.2, 0) is 11.2 Å². The summed E-state index contributed by atoms with van der Waals surface area (Å²) in [4.78, 5) is 12.8. The second-order valence-corrected chi connectivity index (χ2v) is 6.24. The molecule has 0 bridgehead atoms. The summed E-state index contributed by atoms with van der Waals surface area (Å²) in [5, 5.41) is 5.37. The predicted molar refractivity (Wildman–Crippen MR) is 103 cm³/mol. The summed E-state index contributed by atoms with van der Waals surface area (Å²) in [7, 11) is 0. The topological polar surface area (TPSA) is 42.2 Å². The summed E-state index contributed by atoms with van der Waals surface area (Å²) in [5.74, 6) is 0.689. The van der Waals surface area contributed by atoms with Crippen LogP contribution in [0.4, 0.5) is 0 Å². The number of carbonyl (C=O) groups excluding carboxylic acids is 1. The molecule has 1 N–H and O–H groups in total. The number of hydrogen-bond acceptors (Lipinski definition) is 2. The lowest BCUT2D eigenvalue weighted by Crippen LogP contribution is -2.30. The molecular formula is C23H19NO2. The summed E-state index contributed by atoms with van der Waals surface area (Å²) >= 11 is 0. The Bertz CT molecular complexity index is 1000. The molecule has 0 fully saturated rings. The maximum atomic E-state index is 12.8. The molecule has 1 aromatic heterocycles. The molecule has 1 amide bonds. The van der Waals surface area contributed by atoms with E-state index < -0.39 is 0 Å². The number of rotatable bonds is 5. The van der Waals surface area contributed by atoms with Gasteiger partial charge < -0.3 is 9.73 Å². The number of benzene rings is 3. The molecule has 0 saturated heterocycles. The zero-order chi connectivity index (χ0) is 17.8. The number of furan rings is 1. The number of nitrogens with one attached hydrogen (secondary N) is 1. The Hall–Kier alpha value is -3.33. The highest BCUT2D eigenvalue weighted by molar-refractivity contribution is 5.90. The number of hydrogen-bond donors (Lipinski definition) is 1. The summed E-state index contributed by atoms with van der Waals surface area (Å²) in [6.07, 6.45) is 1.95. The molecular weight excluding hydrogens is 322 g/mol. The normalized spacial score (nSPS) is 12.0. The minimum atomic E-state index is -0.298. The molecule has 4 aromatic rings. The first-order valence-corrected chi connectivity index (χ1v) is 8.65. The predicted octanol–water partition coefficient (Wildman–Crippen LogP) is 4.88. The average Bonchev–Trinajstić information content (AvgIpc) is 3.22. The van der Waals surface area contributed by atoms with Crippen LogP contribution in [0.15, 0.2) is 95.6 Å². The average molecular weight is 341 g/mol. The Morgan fingerprint density at radius 1 is 0.846 bits per heavy atom. The molecule has 0 saturated carbocycles. The molecule has 0 aliphatic heterocycles. The maximum Gasteiger partial charge on any atom is 0.225 e. The van der Waals surface area contributed by atoms with E-state index in [-0.39, 0.29) is 11.9 Å². The van der Waals surface area contributed by atoms with Crippen LogP contribution in [0.5, 0.6) is 0 Å². The van der Waals surface area contributed by atoms with Crippen molar-refractivity contribution in [1.82, 2.24) is 5.32 Å². The molecule has 0 aliphatic rings. The summed E-state index contributed by atoms with van der Waals surface area (Å²) < 4.78 is 5.56. The Morgan fingerprint density at radius 3 is 2.42 bits per heavy atom. The smallest absolute Gasteiger partial charge is 0.225 e. The second-order valence-electron chi connectivity index (χ2n) is 6.24. The van der Waals surface area contributed by atoms with Gasteiger partial charge in [0.1, 0.15) is 11.8 Å². The van der Waals surface area contributed by atoms with Gasteiger partial charge in [0.25, 0.3) is 0 Å². The molecule has 1 heterocycles. The molecule has 0 unspecified atom stereocenters. The van der Waals surface area contributed by atoms with E-state index in [1.54, 1.807) is 6.26 Å². The molecule has 3 aromatic carbocycles. The molecule has 1 atom stereocenters.